The van der Waals surface area contributed by atoms with Gasteiger partial charge in [-0.25, -0.2) is 4.39 Å². The molecule has 360 valence electrons. The van der Waals surface area contributed by atoms with Crippen LogP contribution in [0.2, 0.25) is 0 Å². The van der Waals surface area contributed by atoms with E-state index in [4.69, 9.17) is 0 Å². The molecule has 69 heavy (non-hydrogen) atoms. The van der Waals surface area contributed by atoms with E-state index in [1.54, 1.807) is 36.0 Å². The highest BCUT2D eigenvalue weighted by Crippen LogP contribution is 2.40. The summed E-state index contributed by atoms with van der Waals surface area (Å²) in [6.07, 6.45) is 1.64. The van der Waals surface area contributed by atoms with Crippen LogP contribution in [0.25, 0.3) is 22.4 Å². The van der Waals surface area contributed by atoms with Crippen LogP contribution >= 0.6 is 23.7 Å². The molecule has 1 amide bonds. The zero-order valence-electron chi connectivity index (χ0n) is 39.7. The van der Waals surface area contributed by atoms with Gasteiger partial charge in [0.1, 0.15) is 11.5 Å². The quantitative estimate of drug-likeness (QED) is 0.0137. The first-order valence-corrected chi connectivity index (χ1v) is 25.1. The SMILES string of the molecule is Cc1c(C(=O)NCCCN2CCN(C)CC2)c(-c2cccc(C#Cc3ccc(NSc4ccc(N[C@H](CCN(C)C)CSc5ccccc5)c([N+](=O)[O-])c4)cc3)c2)c(-c2ccc(F)cc2)n1CCO. The Bertz CT molecular complexity index is 2720. The van der Waals surface area contributed by atoms with E-state index in [2.05, 4.69) is 61.1 Å². The van der Waals surface area contributed by atoms with Gasteiger partial charge in [0.15, 0.2) is 0 Å². The number of nitrogens with zero attached hydrogens (tertiary/aromatic N) is 5. The number of aliphatic hydroxyl groups excluding tert-OH is 1. The molecular formula is C54H61FN8O4S2. The Labute approximate surface area is 414 Å². The monoisotopic (exact) mass is 968 g/mol. The van der Waals surface area contributed by atoms with Crippen molar-refractivity contribution in [2.24, 2.45) is 0 Å². The lowest BCUT2D eigenvalue weighted by Gasteiger charge is -2.32. The Morgan fingerprint density at radius 3 is 2.32 bits per heavy atom. The van der Waals surface area contributed by atoms with Gasteiger partial charge >= 0.3 is 0 Å². The highest BCUT2D eigenvalue weighted by atomic mass is 32.2. The number of nitrogens with one attached hydrogen (secondary N) is 3. The molecule has 0 unspecified atom stereocenters. The maximum absolute atomic E-state index is 14.2. The number of hydrogen-bond acceptors (Lipinski definition) is 11. The number of amides is 1. The molecule has 0 aliphatic carbocycles. The minimum atomic E-state index is -0.366. The van der Waals surface area contributed by atoms with Crippen LogP contribution in [0.5, 0.6) is 0 Å². The van der Waals surface area contributed by atoms with Crippen molar-refractivity contribution in [1.82, 2.24) is 24.6 Å². The number of piperazine rings is 1. The number of aliphatic hydroxyl groups is 1. The van der Waals surface area contributed by atoms with Crippen LogP contribution in [0.3, 0.4) is 0 Å². The van der Waals surface area contributed by atoms with E-state index in [0.29, 0.717) is 33.9 Å². The second kappa shape index (κ2) is 24.9. The second-order valence-electron chi connectivity index (χ2n) is 17.4. The van der Waals surface area contributed by atoms with E-state index in [1.165, 1.54) is 24.1 Å². The van der Waals surface area contributed by atoms with E-state index in [-0.39, 0.29) is 41.5 Å². The summed E-state index contributed by atoms with van der Waals surface area (Å²) >= 11 is 3.03. The van der Waals surface area contributed by atoms with Gasteiger partial charge in [0, 0.05) is 95.0 Å². The first kappa shape index (κ1) is 50.7. The van der Waals surface area contributed by atoms with Gasteiger partial charge in [-0.1, -0.05) is 42.2 Å². The summed E-state index contributed by atoms with van der Waals surface area (Å²) in [6.45, 7) is 8.35. The van der Waals surface area contributed by atoms with Crippen molar-refractivity contribution in [3.05, 3.63) is 160 Å². The largest absolute Gasteiger partial charge is 0.395 e. The summed E-state index contributed by atoms with van der Waals surface area (Å²) in [5.41, 5.74) is 6.96. The normalized spacial score (nSPS) is 13.4. The van der Waals surface area contributed by atoms with Crippen molar-refractivity contribution in [3.8, 4) is 34.2 Å². The topological polar surface area (TPSA) is 131 Å². The van der Waals surface area contributed by atoms with Crippen LogP contribution in [-0.4, -0.2) is 121 Å². The molecule has 6 aromatic rings. The molecule has 1 aromatic heterocycles. The molecule has 15 heteroatoms. The average Bonchev–Trinajstić information content (AvgIpc) is 3.65. The lowest BCUT2D eigenvalue weighted by atomic mass is 9.95. The summed E-state index contributed by atoms with van der Waals surface area (Å²) in [4.78, 5) is 34.9. The van der Waals surface area contributed by atoms with Crippen LogP contribution < -0.4 is 15.4 Å². The Hall–Kier alpha value is -6.12. The number of rotatable bonds is 21. The fraction of sp³-hybridized carbons (Fsp3) is 0.315. The molecule has 1 saturated heterocycles. The number of nitro benzene ring substituents is 1. The number of likely N-dealkylation sites (N-methyl/N-ethyl adjacent to an activating group) is 1. The summed E-state index contributed by atoms with van der Waals surface area (Å²) in [6, 6.07) is 37.0. The first-order chi connectivity index (χ1) is 33.4. The Morgan fingerprint density at radius 2 is 1.61 bits per heavy atom. The minimum Gasteiger partial charge on any atom is -0.395 e. The molecule has 0 spiro atoms. The molecule has 4 N–H and O–H groups in total. The number of benzene rings is 5. The minimum absolute atomic E-state index is 0.0204. The second-order valence-corrected chi connectivity index (χ2v) is 19.4. The van der Waals surface area contributed by atoms with Gasteiger partial charge in [0.2, 0.25) is 0 Å². The maximum Gasteiger partial charge on any atom is 0.293 e. The average molecular weight is 969 g/mol. The predicted octanol–water partition coefficient (Wildman–Crippen LogP) is 9.58. The third kappa shape index (κ3) is 14.2. The van der Waals surface area contributed by atoms with Crippen LogP contribution in [0.4, 0.5) is 21.5 Å². The van der Waals surface area contributed by atoms with Gasteiger partial charge in [-0.2, -0.15) is 0 Å². The molecule has 0 radical (unpaired) electrons. The smallest absolute Gasteiger partial charge is 0.293 e. The molecule has 0 bridgehead atoms. The predicted molar refractivity (Wildman–Crippen MR) is 281 cm³/mol. The summed E-state index contributed by atoms with van der Waals surface area (Å²) in [5.74, 6) is 6.76. The zero-order chi connectivity index (χ0) is 48.7. The standard InChI is InChI=1S/C54H61FN8O4S2/c1-39-51(54(65)56-27-9-28-61-32-30-60(4)31-33-61)52(53(62(39)34-35-64)42-18-20-44(55)21-19-42)43-11-8-10-41(36-43)15-14-40-16-22-45(23-17-40)58-69-48-24-25-49(50(37-48)63(66)67)57-46(26-29-59(2)3)38-68-47-12-6-5-7-13-47/h5-8,10-13,16-25,36-37,46,57-58,64H,9,26-35,38H2,1-4H3,(H,56,65)/t46-/m1/s1. The van der Waals surface area contributed by atoms with E-state index >= 15 is 0 Å². The van der Waals surface area contributed by atoms with Crippen molar-refractivity contribution in [3.63, 3.8) is 0 Å². The van der Waals surface area contributed by atoms with Crippen molar-refractivity contribution < 1.29 is 19.2 Å². The third-order valence-corrected chi connectivity index (χ3v) is 14.0. The number of anilines is 2. The fourth-order valence-corrected chi connectivity index (χ4v) is 9.95. The van der Waals surface area contributed by atoms with Gasteiger partial charge in [0.05, 0.1) is 22.8 Å². The number of carbonyl (C=O) groups excluding carboxylic acids is 1. The molecule has 5 aromatic carbocycles. The molecule has 2 heterocycles. The first-order valence-electron chi connectivity index (χ1n) is 23.3. The molecule has 7 rings (SSSR count). The highest BCUT2D eigenvalue weighted by Gasteiger charge is 2.27. The van der Waals surface area contributed by atoms with Crippen molar-refractivity contribution in [2.75, 3.05) is 89.4 Å². The van der Waals surface area contributed by atoms with Crippen molar-refractivity contribution in [1.29, 1.82) is 0 Å². The van der Waals surface area contributed by atoms with Crippen LogP contribution in [0, 0.1) is 34.7 Å². The van der Waals surface area contributed by atoms with E-state index in [0.717, 1.165) is 96.4 Å². The van der Waals surface area contributed by atoms with Gasteiger partial charge in [-0.05, 0) is 162 Å². The van der Waals surface area contributed by atoms with Crippen LogP contribution in [-0.2, 0) is 6.54 Å². The lowest BCUT2D eigenvalue weighted by Crippen LogP contribution is -2.45. The zero-order valence-corrected chi connectivity index (χ0v) is 41.3. The molecule has 0 saturated carbocycles. The van der Waals surface area contributed by atoms with Crippen molar-refractivity contribution in [2.45, 2.75) is 42.1 Å². The van der Waals surface area contributed by atoms with Gasteiger partial charge in [-0.3, -0.25) is 14.9 Å². The molecule has 1 fully saturated rings. The van der Waals surface area contributed by atoms with Gasteiger partial charge in [-0.15, -0.1) is 11.8 Å². The molecule has 1 atom stereocenters. The van der Waals surface area contributed by atoms with E-state index in [9.17, 15) is 24.4 Å². The summed E-state index contributed by atoms with van der Waals surface area (Å²) < 4.78 is 19.5. The van der Waals surface area contributed by atoms with Gasteiger partial charge in [0.25, 0.3) is 11.6 Å². The van der Waals surface area contributed by atoms with Crippen LogP contribution in [0.15, 0.2) is 131 Å². The Balaban J connectivity index is 1.05. The number of nitro groups is 1. The summed E-state index contributed by atoms with van der Waals surface area (Å²) in [7, 11) is 6.19. The Kier molecular flexibility index (Phi) is 18.3. The number of aromatic nitrogens is 1. The maximum atomic E-state index is 14.2. The van der Waals surface area contributed by atoms with Crippen molar-refractivity contribution >= 4 is 46.7 Å². The van der Waals surface area contributed by atoms with Gasteiger partial charge < -0.3 is 39.7 Å². The fourth-order valence-electron chi connectivity index (χ4n) is 8.28. The third-order valence-electron chi connectivity index (χ3n) is 12.0. The number of carbonyl (C=O) groups is 1. The van der Waals surface area contributed by atoms with E-state index in [1.807, 2.05) is 98.4 Å². The van der Waals surface area contributed by atoms with Crippen LogP contribution in [0.1, 0.15) is 40.0 Å². The van der Waals surface area contributed by atoms with E-state index < -0.39 is 0 Å². The molecular weight excluding hydrogens is 908 g/mol. The molecule has 1 aliphatic heterocycles. The summed E-state index contributed by atoms with van der Waals surface area (Å²) in [5, 5.41) is 29.1. The molecule has 12 nitrogen and oxygen atoms in total. The highest BCUT2D eigenvalue weighted by molar-refractivity contribution is 8.00. The number of halogens is 1. The number of thioether (sulfide) groups is 1. The Morgan fingerprint density at radius 1 is 0.870 bits per heavy atom. The number of hydrogen-bond donors (Lipinski definition) is 4. The molecule has 1 aliphatic rings. The lowest BCUT2D eigenvalue weighted by molar-refractivity contribution is -0.384.